The highest BCUT2D eigenvalue weighted by Crippen LogP contribution is 2.10. The molecule has 0 heterocycles. The number of carbonyl (C=O) groups excluding carboxylic acids is 1. The van der Waals surface area contributed by atoms with E-state index in [1.165, 1.54) is 64.2 Å². The summed E-state index contributed by atoms with van der Waals surface area (Å²) in [7, 11) is 0. The molecule has 0 amide bonds. The van der Waals surface area contributed by atoms with E-state index >= 15 is 0 Å². The second-order valence-corrected chi connectivity index (χ2v) is 5.33. The van der Waals surface area contributed by atoms with Crippen LogP contribution < -0.4 is 0 Å². The number of allylic oxidation sites excluding steroid dienone is 2. The highest BCUT2D eigenvalue weighted by molar-refractivity contribution is 5.75. The number of unbranched alkanes of at least 4 members (excludes halogenated alkanes) is 9. The second-order valence-electron chi connectivity index (χ2n) is 5.33. The molecule has 0 saturated carbocycles. The molecule has 0 aliphatic carbocycles. The van der Waals surface area contributed by atoms with Crippen molar-refractivity contribution in [2.45, 2.75) is 90.9 Å². The van der Waals surface area contributed by atoms with Gasteiger partial charge in [0, 0.05) is 6.42 Å². The summed E-state index contributed by atoms with van der Waals surface area (Å²) in [5, 5.41) is 0. The Kier molecular flexibility index (Phi) is 14.0. The molecular weight excluding hydrogens is 220 g/mol. The van der Waals surface area contributed by atoms with Crippen molar-refractivity contribution in [3.05, 3.63) is 12.2 Å². The average Bonchev–Trinajstić information content (AvgIpc) is 2.34. The zero-order chi connectivity index (χ0) is 13.5. The summed E-state index contributed by atoms with van der Waals surface area (Å²) in [5.74, 6) is 0.294. The number of hydrogen-bond acceptors (Lipinski definition) is 1. The molecule has 1 heteroatoms. The smallest absolute Gasteiger partial charge is 0.130 e. The van der Waals surface area contributed by atoms with Gasteiger partial charge in [-0.2, -0.15) is 0 Å². The molecule has 0 aromatic rings. The summed E-state index contributed by atoms with van der Waals surface area (Å²) in [5.41, 5.74) is 0. The zero-order valence-corrected chi connectivity index (χ0v) is 12.5. The SMILES string of the molecule is CCCCCCCCCCCC=CCCC(C)=O. The molecule has 0 fully saturated rings. The van der Waals surface area contributed by atoms with Gasteiger partial charge >= 0.3 is 0 Å². The Morgan fingerprint density at radius 1 is 0.778 bits per heavy atom. The van der Waals surface area contributed by atoms with E-state index in [2.05, 4.69) is 19.1 Å². The normalized spacial score (nSPS) is 11.2. The lowest BCUT2D eigenvalue weighted by Gasteiger charge is -2.00. The monoisotopic (exact) mass is 252 g/mol. The van der Waals surface area contributed by atoms with Crippen molar-refractivity contribution >= 4 is 5.78 Å². The Labute approximate surface area is 114 Å². The van der Waals surface area contributed by atoms with E-state index < -0.39 is 0 Å². The maximum absolute atomic E-state index is 10.7. The molecule has 106 valence electrons. The van der Waals surface area contributed by atoms with Crippen LogP contribution in [-0.2, 0) is 4.79 Å². The van der Waals surface area contributed by atoms with Gasteiger partial charge in [-0.05, 0) is 26.2 Å². The topological polar surface area (TPSA) is 17.1 Å². The maximum atomic E-state index is 10.7. The first kappa shape index (κ1) is 17.4. The quantitative estimate of drug-likeness (QED) is 0.297. The first-order valence-corrected chi connectivity index (χ1v) is 7.91. The van der Waals surface area contributed by atoms with Crippen LogP contribution in [0.25, 0.3) is 0 Å². The van der Waals surface area contributed by atoms with Crippen LogP contribution in [0.1, 0.15) is 90.9 Å². The molecule has 0 aliphatic rings. The van der Waals surface area contributed by atoms with E-state index in [1.54, 1.807) is 6.92 Å². The third-order valence-corrected chi connectivity index (χ3v) is 3.30. The highest BCUT2D eigenvalue weighted by Gasteiger charge is 1.91. The molecule has 0 aromatic carbocycles. The van der Waals surface area contributed by atoms with E-state index in [-0.39, 0.29) is 0 Å². The van der Waals surface area contributed by atoms with E-state index in [0.29, 0.717) is 12.2 Å². The minimum atomic E-state index is 0.294. The minimum absolute atomic E-state index is 0.294. The summed E-state index contributed by atoms with van der Waals surface area (Å²) < 4.78 is 0. The van der Waals surface area contributed by atoms with Gasteiger partial charge in [0.1, 0.15) is 5.78 Å². The molecule has 1 nitrogen and oxygen atoms in total. The standard InChI is InChI=1S/C17H32O/c1-3-4-5-6-7-8-9-10-11-12-13-14-15-16-17(2)18/h13-14H,3-12,15-16H2,1-2H3. The van der Waals surface area contributed by atoms with Crippen molar-refractivity contribution in [1.29, 1.82) is 0 Å². The lowest BCUT2D eigenvalue weighted by atomic mass is 10.1. The molecule has 18 heavy (non-hydrogen) atoms. The number of Topliss-reactive ketones (excluding diaryl/α,β-unsaturated/α-hetero) is 1. The number of rotatable bonds is 13. The van der Waals surface area contributed by atoms with Crippen LogP contribution in [0.15, 0.2) is 12.2 Å². The largest absolute Gasteiger partial charge is 0.300 e. The van der Waals surface area contributed by atoms with E-state index in [4.69, 9.17) is 0 Å². The molecule has 0 aromatic heterocycles. The fourth-order valence-corrected chi connectivity index (χ4v) is 2.10. The van der Waals surface area contributed by atoms with Gasteiger partial charge in [-0.25, -0.2) is 0 Å². The predicted molar refractivity (Wildman–Crippen MR) is 80.9 cm³/mol. The van der Waals surface area contributed by atoms with Gasteiger partial charge in [0.25, 0.3) is 0 Å². The van der Waals surface area contributed by atoms with Crippen LogP contribution in [0.5, 0.6) is 0 Å². The van der Waals surface area contributed by atoms with Crippen molar-refractivity contribution in [2.75, 3.05) is 0 Å². The molecule has 0 N–H and O–H groups in total. The van der Waals surface area contributed by atoms with Crippen LogP contribution >= 0.6 is 0 Å². The second kappa shape index (κ2) is 14.5. The summed E-state index contributed by atoms with van der Waals surface area (Å²) >= 11 is 0. The summed E-state index contributed by atoms with van der Waals surface area (Å²) in [6.45, 7) is 3.93. The Hall–Kier alpha value is -0.590. The molecule has 0 atom stereocenters. The summed E-state index contributed by atoms with van der Waals surface area (Å²) in [6, 6.07) is 0. The van der Waals surface area contributed by atoms with Gasteiger partial charge < -0.3 is 4.79 Å². The fourth-order valence-electron chi connectivity index (χ4n) is 2.10. The van der Waals surface area contributed by atoms with E-state index in [0.717, 1.165) is 6.42 Å². The van der Waals surface area contributed by atoms with Crippen molar-refractivity contribution in [3.8, 4) is 0 Å². The van der Waals surface area contributed by atoms with Gasteiger partial charge in [0.05, 0.1) is 0 Å². The Bertz CT molecular complexity index is 206. The van der Waals surface area contributed by atoms with E-state index in [1.807, 2.05) is 0 Å². The van der Waals surface area contributed by atoms with Crippen LogP contribution in [0.2, 0.25) is 0 Å². The third kappa shape index (κ3) is 15.4. The molecule has 0 rings (SSSR count). The van der Waals surface area contributed by atoms with Crippen LogP contribution in [0, 0.1) is 0 Å². The Balaban J connectivity index is 3.04. The third-order valence-electron chi connectivity index (χ3n) is 3.30. The number of hydrogen-bond donors (Lipinski definition) is 0. The molecule has 0 saturated heterocycles. The number of ketones is 1. The van der Waals surface area contributed by atoms with E-state index in [9.17, 15) is 4.79 Å². The maximum Gasteiger partial charge on any atom is 0.130 e. The highest BCUT2D eigenvalue weighted by atomic mass is 16.1. The predicted octanol–water partition coefficient (Wildman–Crippen LogP) is 5.83. The molecule has 0 radical (unpaired) electrons. The Morgan fingerprint density at radius 2 is 1.28 bits per heavy atom. The zero-order valence-electron chi connectivity index (χ0n) is 12.5. The van der Waals surface area contributed by atoms with Gasteiger partial charge in [0.15, 0.2) is 0 Å². The average molecular weight is 252 g/mol. The molecular formula is C17H32O. The van der Waals surface area contributed by atoms with Gasteiger partial charge in [-0.15, -0.1) is 0 Å². The fraction of sp³-hybridized carbons (Fsp3) is 0.824. The van der Waals surface area contributed by atoms with Crippen LogP contribution in [0.4, 0.5) is 0 Å². The number of carbonyl (C=O) groups is 1. The first-order valence-electron chi connectivity index (χ1n) is 7.91. The molecule has 0 spiro atoms. The van der Waals surface area contributed by atoms with Gasteiger partial charge in [0.2, 0.25) is 0 Å². The molecule has 0 bridgehead atoms. The van der Waals surface area contributed by atoms with Crippen molar-refractivity contribution < 1.29 is 4.79 Å². The Morgan fingerprint density at radius 3 is 1.83 bits per heavy atom. The first-order chi connectivity index (χ1) is 8.77. The van der Waals surface area contributed by atoms with Gasteiger partial charge in [-0.3, -0.25) is 0 Å². The van der Waals surface area contributed by atoms with Gasteiger partial charge in [-0.1, -0.05) is 70.4 Å². The summed E-state index contributed by atoms with van der Waals surface area (Å²) in [6.07, 6.45) is 19.7. The van der Waals surface area contributed by atoms with Crippen LogP contribution in [0.3, 0.4) is 0 Å². The van der Waals surface area contributed by atoms with Crippen molar-refractivity contribution in [1.82, 2.24) is 0 Å². The lowest BCUT2D eigenvalue weighted by Crippen LogP contribution is -1.86. The van der Waals surface area contributed by atoms with Crippen molar-refractivity contribution in [2.24, 2.45) is 0 Å². The van der Waals surface area contributed by atoms with Crippen molar-refractivity contribution in [3.63, 3.8) is 0 Å². The molecule has 0 aliphatic heterocycles. The molecule has 0 unspecified atom stereocenters. The minimum Gasteiger partial charge on any atom is -0.300 e. The summed E-state index contributed by atoms with van der Waals surface area (Å²) in [4.78, 5) is 10.7. The van der Waals surface area contributed by atoms with Crippen LogP contribution in [-0.4, -0.2) is 5.78 Å². The lowest BCUT2D eigenvalue weighted by molar-refractivity contribution is -0.116.